The molecule has 6 heteroatoms. The van der Waals surface area contributed by atoms with Gasteiger partial charge in [0.25, 0.3) is 5.91 Å². The number of carbonyl (C=O) groups is 1. The lowest BCUT2D eigenvalue weighted by Crippen LogP contribution is -2.53. The molecule has 1 saturated carbocycles. The third kappa shape index (κ3) is 4.51. The molecule has 1 aromatic heterocycles. The van der Waals surface area contributed by atoms with Gasteiger partial charge in [0.15, 0.2) is 0 Å². The number of carbonyl (C=O) groups excluding carboxylic acids is 1. The standard InChI is InChI=1S/C26H33N3O3/c1-18-23(19(2)32-28-18)16-31-24-15-21-11-7-6-10-20(21)14-22(24)25(30)27-17-26(29(3)4)12-8-5-9-13-26/h6-7,10-11,14-15H,5,8-9,12-13,16-17H2,1-4H3,(H,27,30). The number of hydrogen-bond donors (Lipinski definition) is 1. The molecule has 1 N–H and O–H groups in total. The summed E-state index contributed by atoms with van der Waals surface area (Å²) in [5.74, 6) is 1.21. The van der Waals surface area contributed by atoms with Gasteiger partial charge in [-0.2, -0.15) is 0 Å². The van der Waals surface area contributed by atoms with Gasteiger partial charge in [0, 0.05) is 12.1 Å². The van der Waals surface area contributed by atoms with Crippen LogP contribution in [0.25, 0.3) is 10.8 Å². The first-order chi connectivity index (χ1) is 15.4. The van der Waals surface area contributed by atoms with E-state index in [1.165, 1.54) is 19.3 Å². The minimum atomic E-state index is -0.101. The van der Waals surface area contributed by atoms with Gasteiger partial charge in [0.05, 0.1) is 16.8 Å². The summed E-state index contributed by atoms with van der Waals surface area (Å²) in [6.45, 7) is 4.71. The van der Waals surface area contributed by atoms with Crippen LogP contribution in [0.3, 0.4) is 0 Å². The molecule has 170 valence electrons. The molecule has 0 unspecified atom stereocenters. The first kappa shape index (κ1) is 22.3. The maximum absolute atomic E-state index is 13.4. The van der Waals surface area contributed by atoms with Crippen LogP contribution in [0.15, 0.2) is 40.9 Å². The van der Waals surface area contributed by atoms with E-state index in [4.69, 9.17) is 9.26 Å². The molecular formula is C26H33N3O3. The second-order valence-corrected chi connectivity index (χ2v) is 9.15. The van der Waals surface area contributed by atoms with Gasteiger partial charge in [-0.15, -0.1) is 0 Å². The highest BCUT2D eigenvalue weighted by Gasteiger charge is 2.34. The van der Waals surface area contributed by atoms with Crippen molar-refractivity contribution >= 4 is 16.7 Å². The molecule has 1 amide bonds. The van der Waals surface area contributed by atoms with Crippen molar-refractivity contribution in [2.75, 3.05) is 20.6 Å². The number of ether oxygens (including phenoxy) is 1. The van der Waals surface area contributed by atoms with E-state index in [-0.39, 0.29) is 11.4 Å². The zero-order valence-electron chi connectivity index (χ0n) is 19.5. The highest BCUT2D eigenvalue weighted by atomic mass is 16.5. The summed E-state index contributed by atoms with van der Waals surface area (Å²) < 4.78 is 11.4. The number of nitrogens with one attached hydrogen (secondary N) is 1. The lowest BCUT2D eigenvalue weighted by Gasteiger charge is -2.43. The Morgan fingerprint density at radius 1 is 1.12 bits per heavy atom. The van der Waals surface area contributed by atoms with Crippen molar-refractivity contribution in [3.63, 3.8) is 0 Å². The van der Waals surface area contributed by atoms with Crippen molar-refractivity contribution in [2.45, 2.75) is 58.1 Å². The van der Waals surface area contributed by atoms with Gasteiger partial charge in [-0.1, -0.05) is 48.7 Å². The van der Waals surface area contributed by atoms with Crippen molar-refractivity contribution in [1.82, 2.24) is 15.4 Å². The molecule has 3 aromatic rings. The number of hydrogen-bond acceptors (Lipinski definition) is 5. The predicted octanol–water partition coefficient (Wildman–Crippen LogP) is 5.02. The Kier molecular flexibility index (Phi) is 6.51. The van der Waals surface area contributed by atoms with Crippen molar-refractivity contribution < 1.29 is 14.1 Å². The van der Waals surface area contributed by atoms with E-state index >= 15 is 0 Å². The molecule has 0 bridgehead atoms. The van der Waals surface area contributed by atoms with Gasteiger partial charge in [-0.25, -0.2) is 0 Å². The Labute approximate surface area is 189 Å². The highest BCUT2D eigenvalue weighted by Crippen LogP contribution is 2.32. The van der Waals surface area contributed by atoms with Crippen LogP contribution < -0.4 is 10.1 Å². The van der Waals surface area contributed by atoms with E-state index < -0.39 is 0 Å². The Morgan fingerprint density at radius 2 is 1.81 bits per heavy atom. The fraction of sp³-hybridized carbons (Fsp3) is 0.462. The molecule has 0 radical (unpaired) electrons. The average molecular weight is 436 g/mol. The normalized spacial score (nSPS) is 15.8. The topological polar surface area (TPSA) is 67.6 Å². The predicted molar refractivity (Wildman–Crippen MR) is 126 cm³/mol. The van der Waals surface area contributed by atoms with Crippen molar-refractivity contribution in [3.8, 4) is 5.75 Å². The monoisotopic (exact) mass is 435 g/mol. The molecule has 1 heterocycles. The van der Waals surface area contributed by atoms with Crippen molar-refractivity contribution in [2.24, 2.45) is 0 Å². The van der Waals surface area contributed by atoms with Gasteiger partial charge in [-0.3, -0.25) is 4.79 Å². The number of likely N-dealkylation sites (N-methyl/N-ethyl adjacent to an activating group) is 1. The van der Waals surface area contributed by atoms with Gasteiger partial charge < -0.3 is 19.5 Å². The van der Waals surface area contributed by atoms with Crippen LogP contribution in [0.5, 0.6) is 5.75 Å². The highest BCUT2D eigenvalue weighted by molar-refractivity contribution is 6.01. The maximum atomic E-state index is 13.4. The van der Waals surface area contributed by atoms with E-state index in [0.29, 0.717) is 24.5 Å². The summed E-state index contributed by atoms with van der Waals surface area (Å²) in [6.07, 6.45) is 5.89. The van der Waals surface area contributed by atoms with E-state index in [2.05, 4.69) is 29.5 Å². The van der Waals surface area contributed by atoms with Crippen molar-refractivity contribution in [3.05, 3.63) is 59.0 Å². The molecule has 1 aliphatic rings. The minimum Gasteiger partial charge on any atom is -0.488 e. The quantitative estimate of drug-likeness (QED) is 0.565. The summed E-state index contributed by atoms with van der Waals surface area (Å²) in [5.41, 5.74) is 2.29. The van der Waals surface area contributed by atoms with Gasteiger partial charge >= 0.3 is 0 Å². The molecule has 2 aromatic carbocycles. The SMILES string of the molecule is Cc1noc(C)c1COc1cc2ccccc2cc1C(=O)NCC1(N(C)C)CCCCC1. The van der Waals surface area contributed by atoms with Crippen LogP contribution in [0.1, 0.15) is 59.5 Å². The van der Waals surface area contributed by atoms with Gasteiger partial charge in [0.2, 0.25) is 0 Å². The Bertz CT molecular complexity index is 1080. The van der Waals surface area contributed by atoms with Crippen LogP contribution in [0, 0.1) is 13.8 Å². The van der Waals surface area contributed by atoms with Crippen LogP contribution in [0.2, 0.25) is 0 Å². The number of benzene rings is 2. The first-order valence-electron chi connectivity index (χ1n) is 11.4. The van der Waals surface area contributed by atoms with Crippen LogP contribution in [-0.2, 0) is 6.61 Å². The van der Waals surface area contributed by atoms with E-state index in [0.717, 1.165) is 40.6 Å². The summed E-state index contributed by atoms with van der Waals surface area (Å²) >= 11 is 0. The zero-order valence-corrected chi connectivity index (χ0v) is 19.5. The zero-order chi connectivity index (χ0) is 22.7. The molecular weight excluding hydrogens is 402 g/mol. The number of aryl methyl sites for hydroxylation is 2. The first-order valence-corrected chi connectivity index (χ1v) is 11.4. The second-order valence-electron chi connectivity index (χ2n) is 9.15. The Morgan fingerprint density at radius 3 is 2.44 bits per heavy atom. The lowest BCUT2D eigenvalue weighted by atomic mass is 9.80. The summed E-state index contributed by atoms with van der Waals surface area (Å²) in [5, 5.41) is 9.28. The average Bonchev–Trinajstić information content (AvgIpc) is 3.13. The van der Waals surface area contributed by atoms with E-state index in [1.54, 1.807) is 0 Å². The third-order valence-corrected chi connectivity index (χ3v) is 6.96. The smallest absolute Gasteiger partial charge is 0.255 e. The van der Waals surface area contributed by atoms with Gasteiger partial charge in [-0.05, 0) is 63.7 Å². The van der Waals surface area contributed by atoms with E-state index in [9.17, 15) is 4.79 Å². The fourth-order valence-electron chi connectivity index (χ4n) is 4.71. The largest absolute Gasteiger partial charge is 0.488 e. The molecule has 0 saturated heterocycles. The summed E-state index contributed by atoms with van der Waals surface area (Å²) in [4.78, 5) is 15.7. The molecule has 0 atom stereocenters. The summed E-state index contributed by atoms with van der Waals surface area (Å²) in [7, 11) is 4.23. The molecule has 1 fully saturated rings. The molecule has 1 aliphatic carbocycles. The number of rotatable bonds is 7. The lowest BCUT2D eigenvalue weighted by molar-refractivity contribution is 0.0796. The van der Waals surface area contributed by atoms with Crippen LogP contribution in [-0.4, -0.2) is 42.1 Å². The number of fused-ring (bicyclic) bond motifs is 1. The van der Waals surface area contributed by atoms with Crippen LogP contribution >= 0.6 is 0 Å². The minimum absolute atomic E-state index is 0.0163. The molecule has 6 nitrogen and oxygen atoms in total. The molecule has 4 rings (SSSR count). The molecule has 0 aliphatic heterocycles. The second kappa shape index (κ2) is 9.33. The van der Waals surface area contributed by atoms with Gasteiger partial charge in [0.1, 0.15) is 18.1 Å². The Hall–Kier alpha value is -2.86. The van der Waals surface area contributed by atoms with E-state index in [1.807, 2.05) is 50.2 Å². The Balaban J connectivity index is 1.59. The third-order valence-electron chi connectivity index (χ3n) is 6.96. The van der Waals surface area contributed by atoms with Crippen molar-refractivity contribution in [1.29, 1.82) is 0 Å². The number of nitrogens with zero attached hydrogens (tertiary/aromatic N) is 2. The maximum Gasteiger partial charge on any atom is 0.255 e. The summed E-state index contributed by atoms with van der Waals surface area (Å²) in [6, 6.07) is 11.9. The number of amides is 1. The fourth-order valence-corrected chi connectivity index (χ4v) is 4.71. The van der Waals surface area contributed by atoms with Crippen LogP contribution in [0.4, 0.5) is 0 Å². The number of aromatic nitrogens is 1. The molecule has 0 spiro atoms. The molecule has 32 heavy (non-hydrogen) atoms.